The maximum atomic E-state index is 14.7. The van der Waals surface area contributed by atoms with E-state index in [1.165, 1.54) is 17.6 Å². The Morgan fingerprint density at radius 1 is 1.00 bits per heavy atom. The van der Waals surface area contributed by atoms with Gasteiger partial charge in [0.25, 0.3) is 5.91 Å². The Morgan fingerprint density at radius 2 is 1.77 bits per heavy atom. The fourth-order valence-corrected chi connectivity index (χ4v) is 6.02. The molecule has 0 fully saturated rings. The van der Waals surface area contributed by atoms with Crippen LogP contribution < -0.4 is 9.62 Å². The molecule has 0 aliphatic rings. The highest BCUT2D eigenvalue weighted by atomic mass is 32.2. The number of anilines is 1. The van der Waals surface area contributed by atoms with E-state index in [-0.39, 0.29) is 11.7 Å². The molecule has 7 aromatic rings. The van der Waals surface area contributed by atoms with E-state index in [4.69, 9.17) is 10.1 Å². The van der Waals surface area contributed by atoms with Gasteiger partial charge in [0, 0.05) is 30.6 Å². The highest BCUT2D eigenvalue weighted by Crippen LogP contribution is 2.37. The van der Waals surface area contributed by atoms with Crippen LogP contribution in [0.5, 0.6) is 0 Å². The Kier molecular flexibility index (Phi) is 6.15. The van der Waals surface area contributed by atoms with Crippen LogP contribution in [0.1, 0.15) is 15.9 Å². The number of hydrogen-bond acceptors (Lipinski definition) is 6. The number of benzene rings is 2. The quantitative estimate of drug-likeness (QED) is 0.287. The molecule has 10 nitrogen and oxygen atoms in total. The van der Waals surface area contributed by atoms with Crippen LogP contribution >= 0.6 is 0 Å². The van der Waals surface area contributed by atoms with Crippen molar-refractivity contribution < 1.29 is 17.6 Å². The molecule has 0 bridgehead atoms. The minimum absolute atomic E-state index is 0.305. The molecule has 1 amide bonds. The molecule has 0 radical (unpaired) electrons. The van der Waals surface area contributed by atoms with Crippen molar-refractivity contribution in [3.63, 3.8) is 0 Å². The second-order valence-corrected chi connectivity index (χ2v) is 12.7. The van der Waals surface area contributed by atoms with Crippen molar-refractivity contribution in [2.24, 2.45) is 0 Å². The van der Waals surface area contributed by atoms with Crippen molar-refractivity contribution in [2.75, 3.05) is 24.7 Å². The summed E-state index contributed by atoms with van der Waals surface area (Å²) in [7, 11) is -0.710. The molecular weight excluding hydrogens is 581 g/mol. The van der Waals surface area contributed by atoms with Crippen molar-refractivity contribution in [1.82, 2.24) is 29.3 Å². The second-order valence-electron chi connectivity index (χ2n) is 10.7. The van der Waals surface area contributed by atoms with Gasteiger partial charge in [0.15, 0.2) is 0 Å². The molecule has 5 aromatic heterocycles. The lowest BCUT2D eigenvalue weighted by molar-refractivity contribution is 0.0965. The summed E-state index contributed by atoms with van der Waals surface area (Å²) in [6.45, 7) is 1.97. The van der Waals surface area contributed by atoms with E-state index in [0.717, 1.165) is 21.7 Å². The van der Waals surface area contributed by atoms with Crippen molar-refractivity contribution in [3.8, 4) is 22.5 Å². The summed E-state index contributed by atoms with van der Waals surface area (Å²) >= 11 is 0. The number of rotatable bonds is 5. The number of hydrogen-bond donors (Lipinski definition) is 1. The molecule has 12 heteroatoms. The molecule has 7 rings (SSSR count). The molecule has 5 heterocycles. The molecule has 0 saturated carbocycles. The molecule has 220 valence electrons. The van der Waals surface area contributed by atoms with Gasteiger partial charge in [-0.1, -0.05) is 35.9 Å². The first-order chi connectivity index (χ1) is 21.0. The van der Waals surface area contributed by atoms with Crippen molar-refractivity contribution in [1.29, 1.82) is 0 Å². The van der Waals surface area contributed by atoms with Gasteiger partial charge in [-0.15, -0.1) is 0 Å². The number of nitrogens with one attached hydrogen (secondary N) is 1. The molecule has 0 aliphatic carbocycles. The minimum Gasteiger partial charge on any atom is -0.355 e. The molecule has 2 aromatic carbocycles. The zero-order valence-electron chi connectivity index (χ0n) is 24.2. The Bertz CT molecular complexity index is 2420. The predicted octanol–water partition coefficient (Wildman–Crippen LogP) is 5.22. The lowest BCUT2D eigenvalue weighted by Gasteiger charge is -2.20. The number of aromatic nitrogens is 5. The Labute approximate surface area is 251 Å². The largest absolute Gasteiger partial charge is 0.355 e. The standard InChI is InChI=1S/C32H26FN7O3S/c1-18-8-10-19(11-9-18)30-29(32(41)34-2)26-15-21(28(16-40(26)37-30)38(3)44(4,42)43)23-12-13-24-31(36-23)27-14-20-22(33)6-5-7-25(20)39(27)17-35-24/h5-17H,1-4H3,(H,34,41). The average Bonchev–Trinajstić information content (AvgIpc) is 3.59. The highest BCUT2D eigenvalue weighted by molar-refractivity contribution is 7.92. The topological polar surface area (TPSA) is 114 Å². The van der Waals surface area contributed by atoms with Crippen molar-refractivity contribution >= 4 is 54.6 Å². The van der Waals surface area contributed by atoms with Crippen LogP contribution in [0.25, 0.3) is 55.5 Å². The zero-order chi connectivity index (χ0) is 30.9. The molecular formula is C32H26FN7O3S. The normalized spacial score (nSPS) is 12.0. The molecule has 0 saturated heterocycles. The summed E-state index contributed by atoms with van der Waals surface area (Å²) in [6.07, 6.45) is 4.32. The van der Waals surface area contributed by atoms with Gasteiger partial charge >= 0.3 is 0 Å². The molecule has 0 unspecified atom stereocenters. The van der Waals surface area contributed by atoms with Gasteiger partial charge in [0.2, 0.25) is 10.0 Å². The molecule has 1 N–H and O–H groups in total. The number of carbonyl (C=O) groups excluding carboxylic acids is 1. The maximum absolute atomic E-state index is 14.7. The van der Waals surface area contributed by atoms with E-state index in [9.17, 15) is 17.6 Å². The van der Waals surface area contributed by atoms with Crippen LogP contribution in [0.2, 0.25) is 0 Å². The summed E-state index contributed by atoms with van der Waals surface area (Å²) in [5.41, 5.74) is 6.64. The minimum atomic E-state index is -3.71. The van der Waals surface area contributed by atoms with E-state index < -0.39 is 10.0 Å². The van der Waals surface area contributed by atoms with Gasteiger partial charge in [-0.2, -0.15) is 5.10 Å². The molecule has 0 spiro atoms. The van der Waals surface area contributed by atoms with E-state index in [2.05, 4.69) is 10.3 Å². The van der Waals surface area contributed by atoms with Crippen LogP contribution in [-0.4, -0.2) is 58.7 Å². The second kappa shape index (κ2) is 9.85. The van der Waals surface area contributed by atoms with Gasteiger partial charge in [-0.05, 0) is 43.3 Å². The number of halogens is 1. The van der Waals surface area contributed by atoms with Crippen LogP contribution in [0.3, 0.4) is 0 Å². The third-order valence-corrected chi connectivity index (χ3v) is 9.09. The summed E-state index contributed by atoms with van der Waals surface area (Å²) < 4.78 is 44.8. The number of fused-ring (bicyclic) bond motifs is 6. The van der Waals surface area contributed by atoms with Crippen LogP contribution in [-0.2, 0) is 10.0 Å². The number of nitrogens with zero attached hydrogens (tertiary/aromatic N) is 6. The Morgan fingerprint density at radius 3 is 2.50 bits per heavy atom. The first-order valence-electron chi connectivity index (χ1n) is 13.7. The Balaban J connectivity index is 1.54. The van der Waals surface area contributed by atoms with E-state index in [0.29, 0.717) is 61.2 Å². The van der Waals surface area contributed by atoms with Gasteiger partial charge in [-0.25, -0.2) is 27.3 Å². The maximum Gasteiger partial charge on any atom is 0.255 e. The number of aryl methyl sites for hydroxylation is 1. The van der Waals surface area contributed by atoms with E-state index in [1.54, 1.807) is 60.4 Å². The first-order valence-corrected chi connectivity index (χ1v) is 15.5. The highest BCUT2D eigenvalue weighted by Gasteiger charge is 2.25. The molecule has 44 heavy (non-hydrogen) atoms. The Hall–Kier alpha value is -5.36. The fraction of sp³-hybridized carbons (Fsp3) is 0.125. The zero-order valence-corrected chi connectivity index (χ0v) is 25.0. The monoisotopic (exact) mass is 607 g/mol. The number of carbonyl (C=O) groups is 1. The van der Waals surface area contributed by atoms with Gasteiger partial charge in [0.05, 0.1) is 51.5 Å². The van der Waals surface area contributed by atoms with E-state index in [1.807, 2.05) is 31.2 Å². The van der Waals surface area contributed by atoms with Crippen LogP contribution in [0, 0.1) is 12.7 Å². The van der Waals surface area contributed by atoms with Crippen LogP contribution in [0.15, 0.2) is 79.3 Å². The summed E-state index contributed by atoms with van der Waals surface area (Å²) in [6, 6.07) is 19.5. The lowest BCUT2D eigenvalue weighted by atomic mass is 10.0. The average molecular weight is 608 g/mol. The van der Waals surface area contributed by atoms with Crippen molar-refractivity contribution in [2.45, 2.75) is 6.92 Å². The first kappa shape index (κ1) is 27.5. The molecule has 0 atom stereocenters. The predicted molar refractivity (Wildman–Crippen MR) is 169 cm³/mol. The van der Waals surface area contributed by atoms with E-state index >= 15 is 0 Å². The van der Waals surface area contributed by atoms with Crippen LogP contribution in [0.4, 0.5) is 10.1 Å². The summed E-state index contributed by atoms with van der Waals surface area (Å²) in [4.78, 5) is 22.8. The number of amides is 1. The third-order valence-electron chi connectivity index (χ3n) is 7.90. The lowest BCUT2D eigenvalue weighted by Crippen LogP contribution is -2.26. The molecule has 0 aliphatic heterocycles. The fourth-order valence-electron chi connectivity index (χ4n) is 5.51. The smallest absolute Gasteiger partial charge is 0.255 e. The summed E-state index contributed by atoms with van der Waals surface area (Å²) in [5, 5.41) is 7.87. The van der Waals surface area contributed by atoms with Gasteiger partial charge in [-0.3, -0.25) is 13.5 Å². The number of pyridine rings is 2. The SMILES string of the molecule is CNC(=O)c1c(-c2ccc(C)cc2)nn2cc(N(C)S(C)(=O)=O)c(-c3ccc4ncn5c6cccc(F)c6cc5c4n3)cc12. The number of sulfonamides is 1. The van der Waals surface area contributed by atoms with Gasteiger partial charge in [0.1, 0.15) is 23.4 Å². The third kappa shape index (κ3) is 4.25. The summed E-state index contributed by atoms with van der Waals surface area (Å²) in [5.74, 6) is -0.699. The van der Waals surface area contributed by atoms with Gasteiger partial charge < -0.3 is 5.32 Å². The van der Waals surface area contributed by atoms with Crippen molar-refractivity contribution in [3.05, 3.63) is 96.2 Å².